The monoisotopic (exact) mass is 415 g/mol. The molecule has 30 heavy (non-hydrogen) atoms. The predicted octanol–water partition coefficient (Wildman–Crippen LogP) is 0.896. The van der Waals surface area contributed by atoms with E-state index in [4.69, 9.17) is 5.11 Å². The summed E-state index contributed by atoms with van der Waals surface area (Å²) >= 11 is 0. The van der Waals surface area contributed by atoms with Crippen molar-refractivity contribution in [2.45, 2.75) is 37.8 Å². The van der Waals surface area contributed by atoms with Gasteiger partial charge in [-0.1, -0.05) is 0 Å². The van der Waals surface area contributed by atoms with Crippen LogP contribution in [0.4, 0.5) is 10.5 Å². The van der Waals surface area contributed by atoms with Gasteiger partial charge in [0.2, 0.25) is 11.8 Å². The molecule has 0 radical (unpaired) electrons. The number of nitrogens with one attached hydrogen (secondary N) is 1. The first-order valence-electron chi connectivity index (χ1n) is 10.0. The second-order valence-corrected chi connectivity index (χ2v) is 7.96. The molecule has 2 N–H and O–H groups in total. The fraction of sp³-hybridized carbons (Fsp3) is 0.500. The van der Waals surface area contributed by atoms with Gasteiger partial charge in [-0.25, -0.2) is 9.59 Å². The Morgan fingerprint density at radius 2 is 1.83 bits per heavy atom. The molecule has 2 aliphatic heterocycles. The minimum Gasteiger partial charge on any atom is -0.465 e. The smallest absolute Gasteiger partial charge is 0.407 e. The summed E-state index contributed by atoms with van der Waals surface area (Å²) in [5, 5.41) is 11.5. The molecule has 0 saturated carbocycles. The van der Waals surface area contributed by atoms with Gasteiger partial charge in [0, 0.05) is 45.3 Å². The van der Waals surface area contributed by atoms with Crippen LogP contribution in [0.5, 0.6) is 0 Å². The molecule has 0 bridgehead atoms. The summed E-state index contributed by atoms with van der Waals surface area (Å²) < 4.78 is 2.99. The van der Waals surface area contributed by atoms with E-state index in [0.29, 0.717) is 17.5 Å². The molecule has 1 aromatic carbocycles. The van der Waals surface area contributed by atoms with Crippen LogP contribution < -0.4 is 15.9 Å². The third-order valence-corrected chi connectivity index (χ3v) is 6.27. The Morgan fingerprint density at radius 1 is 1.13 bits per heavy atom. The van der Waals surface area contributed by atoms with E-state index in [0.717, 1.165) is 31.6 Å². The fourth-order valence-electron chi connectivity index (χ4n) is 4.45. The van der Waals surface area contributed by atoms with E-state index in [1.54, 1.807) is 14.1 Å². The number of piperidine rings is 2. The highest BCUT2D eigenvalue weighted by atomic mass is 16.4. The van der Waals surface area contributed by atoms with Gasteiger partial charge in [0.25, 0.3) is 0 Å². The number of hydrogen-bond acceptors (Lipinski definition) is 5. The lowest BCUT2D eigenvalue weighted by molar-refractivity contribution is -0.135. The minimum absolute atomic E-state index is 0.000412. The van der Waals surface area contributed by atoms with Crippen LogP contribution in [0, 0.1) is 0 Å². The average molecular weight is 415 g/mol. The van der Waals surface area contributed by atoms with Gasteiger partial charge in [0.1, 0.15) is 6.04 Å². The molecule has 0 aliphatic carbocycles. The lowest BCUT2D eigenvalue weighted by atomic mass is 10.0. The molecule has 1 atom stereocenters. The summed E-state index contributed by atoms with van der Waals surface area (Å²) in [6.07, 6.45) is 1.06. The number of imide groups is 1. The Morgan fingerprint density at radius 3 is 2.47 bits per heavy atom. The molecule has 0 spiro atoms. The molecular formula is C20H25N5O5. The van der Waals surface area contributed by atoms with Crippen LogP contribution in [0.1, 0.15) is 31.7 Å². The number of benzene rings is 1. The number of fused-ring (bicyclic) bond motifs is 1. The molecular weight excluding hydrogens is 390 g/mol. The fourth-order valence-corrected chi connectivity index (χ4v) is 4.45. The number of carbonyl (C=O) groups excluding carboxylic acids is 2. The van der Waals surface area contributed by atoms with Crippen molar-refractivity contribution in [2.75, 3.05) is 25.0 Å². The number of nitrogens with zero attached hydrogens (tertiary/aromatic N) is 4. The number of carbonyl (C=O) groups is 3. The highest BCUT2D eigenvalue weighted by molar-refractivity contribution is 6.00. The molecule has 10 heteroatoms. The van der Waals surface area contributed by atoms with Crippen LogP contribution in [0.15, 0.2) is 23.0 Å². The quantitative estimate of drug-likeness (QED) is 0.720. The Balaban J connectivity index is 1.61. The first-order chi connectivity index (χ1) is 14.3. The first kappa shape index (κ1) is 20.0. The Labute approximate surface area is 172 Å². The standard InChI is InChI=1S/C20H25N5O5/c1-22(20(29)30)12-7-9-24(10-8-12)13-3-4-14-16(11-13)23(2)19(28)25(14)15-5-6-17(26)21-18(15)27/h3-4,11-12,15H,5-10H2,1-2H3,(H,29,30)(H,21,26,27). The molecule has 2 saturated heterocycles. The van der Waals surface area contributed by atoms with Gasteiger partial charge in [-0.15, -0.1) is 0 Å². The zero-order valence-corrected chi connectivity index (χ0v) is 17.0. The van der Waals surface area contributed by atoms with Gasteiger partial charge in [0.15, 0.2) is 0 Å². The van der Waals surface area contributed by atoms with Crippen molar-refractivity contribution in [1.29, 1.82) is 0 Å². The third kappa shape index (κ3) is 3.31. The number of hydrogen-bond donors (Lipinski definition) is 2. The van der Waals surface area contributed by atoms with Crippen LogP contribution in [-0.4, -0.2) is 63.2 Å². The maximum Gasteiger partial charge on any atom is 0.407 e. The predicted molar refractivity (Wildman–Crippen MR) is 110 cm³/mol. The lowest BCUT2D eigenvalue weighted by Crippen LogP contribution is -2.45. The van der Waals surface area contributed by atoms with E-state index >= 15 is 0 Å². The molecule has 2 aliphatic rings. The van der Waals surface area contributed by atoms with Crippen molar-refractivity contribution in [1.82, 2.24) is 19.4 Å². The van der Waals surface area contributed by atoms with Gasteiger partial charge >= 0.3 is 11.8 Å². The van der Waals surface area contributed by atoms with Crippen molar-refractivity contribution >= 4 is 34.6 Å². The minimum atomic E-state index is -0.917. The number of carboxylic acid groups (broad SMARTS) is 1. The lowest BCUT2D eigenvalue weighted by Gasteiger charge is -2.36. The van der Waals surface area contributed by atoms with E-state index in [1.165, 1.54) is 14.0 Å². The Hall–Kier alpha value is -3.30. The molecule has 1 unspecified atom stereocenters. The number of anilines is 1. The molecule has 3 heterocycles. The number of rotatable bonds is 3. The van der Waals surface area contributed by atoms with Crippen LogP contribution in [0.2, 0.25) is 0 Å². The van der Waals surface area contributed by atoms with Gasteiger partial charge in [-0.3, -0.25) is 24.0 Å². The second kappa shape index (κ2) is 7.51. The van der Waals surface area contributed by atoms with Gasteiger partial charge in [-0.05, 0) is 37.5 Å². The Bertz CT molecular complexity index is 1080. The van der Waals surface area contributed by atoms with Crippen LogP contribution in [0.25, 0.3) is 11.0 Å². The zero-order chi connectivity index (χ0) is 21.6. The number of amides is 3. The maximum atomic E-state index is 12.9. The summed E-state index contributed by atoms with van der Waals surface area (Å²) in [4.78, 5) is 51.3. The summed E-state index contributed by atoms with van der Waals surface area (Å²) in [5.41, 5.74) is 2.03. The normalized spacial score (nSPS) is 20.5. The zero-order valence-electron chi connectivity index (χ0n) is 17.0. The van der Waals surface area contributed by atoms with Crippen LogP contribution >= 0.6 is 0 Å². The van der Waals surface area contributed by atoms with Gasteiger partial charge in [0.05, 0.1) is 11.0 Å². The molecule has 1 aromatic heterocycles. The van der Waals surface area contributed by atoms with Crippen LogP contribution in [-0.2, 0) is 16.6 Å². The van der Waals surface area contributed by atoms with E-state index in [-0.39, 0.29) is 24.1 Å². The van der Waals surface area contributed by atoms with E-state index in [1.807, 2.05) is 18.2 Å². The molecule has 4 rings (SSSR count). The topological polar surface area (TPSA) is 117 Å². The molecule has 2 aromatic rings. The first-order valence-corrected chi connectivity index (χ1v) is 10.0. The number of imidazole rings is 1. The third-order valence-electron chi connectivity index (χ3n) is 6.27. The summed E-state index contributed by atoms with van der Waals surface area (Å²) in [6, 6.07) is 4.99. The van der Waals surface area contributed by atoms with Crippen molar-refractivity contribution in [3.05, 3.63) is 28.7 Å². The number of aromatic nitrogens is 2. The second-order valence-electron chi connectivity index (χ2n) is 7.96. The van der Waals surface area contributed by atoms with Crippen molar-refractivity contribution < 1.29 is 19.5 Å². The van der Waals surface area contributed by atoms with Gasteiger partial charge < -0.3 is 14.9 Å². The highest BCUT2D eigenvalue weighted by Gasteiger charge is 2.31. The Kier molecular flexibility index (Phi) is 5.00. The van der Waals surface area contributed by atoms with Gasteiger partial charge in [-0.2, -0.15) is 0 Å². The SMILES string of the molecule is CN(C(=O)O)C1CCN(c2ccc3c(c2)n(C)c(=O)n3C2CCC(=O)NC2=O)CC1. The largest absolute Gasteiger partial charge is 0.465 e. The molecule has 160 valence electrons. The molecule has 10 nitrogen and oxygen atoms in total. The molecule has 2 fully saturated rings. The summed E-state index contributed by atoms with van der Waals surface area (Å²) in [6.45, 7) is 1.44. The van der Waals surface area contributed by atoms with Crippen molar-refractivity contribution in [3.8, 4) is 0 Å². The summed E-state index contributed by atoms with van der Waals surface area (Å²) in [5.74, 6) is -0.765. The average Bonchev–Trinajstić information content (AvgIpc) is 2.98. The van der Waals surface area contributed by atoms with Crippen molar-refractivity contribution in [2.24, 2.45) is 7.05 Å². The van der Waals surface area contributed by atoms with E-state index in [2.05, 4.69) is 10.2 Å². The van der Waals surface area contributed by atoms with Crippen LogP contribution in [0.3, 0.4) is 0 Å². The van der Waals surface area contributed by atoms with E-state index < -0.39 is 18.0 Å². The highest BCUT2D eigenvalue weighted by Crippen LogP contribution is 2.28. The summed E-state index contributed by atoms with van der Waals surface area (Å²) in [7, 11) is 3.27. The molecule has 3 amide bonds. The van der Waals surface area contributed by atoms with Crippen molar-refractivity contribution in [3.63, 3.8) is 0 Å². The number of aryl methyl sites for hydroxylation is 1. The van der Waals surface area contributed by atoms with E-state index in [9.17, 15) is 19.2 Å². The maximum absolute atomic E-state index is 12.9.